The van der Waals surface area contributed by atoms with Crippen molar-refractivity contribution in [3.8, 4) is 0 Å². The molecule has 0 bridgehead atoms. The predicted octanol–water partition coefficient (Wildman–Crippen LogP) is 1.15. The zero-order chi connectivity index (χ0) is 11.0. The number of hydrazine groups is 1. The lowest BCUT2D eigenvalue weighted by atomic mass is 10.1. The van der Waals surface area contributed by atoms with Crippen molar-refractivity contribution in [2.24, 2.45) is 12.9 Å². The highest BCUT2D eigenvalue weighted by Crippen LogP contribution is 2.19. The number of nitrogens with one attached hydrogen (secondary N) is 1. The molecule has 4 heteroatoms. The summed E-state index contributed by atoms with van der Waals surface area (Å²) in [6.07, 6.45) is 0. The fraction of sp³-hybridized carbons (Fsp3) is 0.364. The Kier molecular flexibility index (Phi) is 2.46. The normalized spacial score (nSPS) is 11.2. The number of rotatable bonds is 2. The first-order valence-electron chi connectivity index (χ1n) is 4.99. The summed E-state index contributed by atoms with van der Waals surface area (Å²) in [5.74, 6) is 6.26. The summed E-state index contributed by atoms with van der Waals surface area (Å²) >= 11 is 0. The van der Waals surface area contributed by atoms with Crippen LogP contribution in [0.2, 0.25) is 0 Å². The second kappa shape index (κ2) is 3.64. The minimum absolute atomic E-state index is 0.587. The maximum absolute atomic E-state index is 5.31. The van der Waals surface area contributed by atoms with Crippen LogP contribution in [-0.4, -0.2) is 9.55 Å². The first kappa shape index (κ1) is 10.1. The van der Waals surface area contributed by atoms with E-state index in [1.165, 1.54) is 11.1 Å². The van der Waals surface area contributed by atoms with Crippen molar-refractivity contribution >= 4 is 11.0 Å². The number of benzene rings is 1. The molecule has 0 atom stereocenters. The van der Waals surface area contributed by atoms with Crippen LogP contribution in [0.3, 0.4) is 0 Å². The molecular weight excluding hydrogens is 188 g/mol. The fourth-order valence-electron chi connectivity index (χ4n) is 1.75. The van der Waals surface area contributed by atoms with E-state index < -0.39 is 0 Å². The number of nitrogens with two attached hydrogens (primary N) is 1. The van der Waals surface area contributed by atoms with Crippen molar-refractivity contribution in [3.63, 3.8) is 0 Å². The number of aromatic nitrogens is 2. The molecule has 0 spiro atoms. The highest BCUT2D eigenvalue weighted by Gasteiger charge is 2.07. The molecule has 0 aliphatic heterocycles. The summed E-state index contributed by atoms with van der Waals surface area (Å²) in [7, 11) is 2.01. The van der Waals surface area contributed by atoms with Gasteiger partial charge in [0.1, 0.15) is 5.82 Å². The van der Waals surface area contributed by atoms with Crippen LogP contribution in [0.25, 0.3) is 11.0 Å². The van der Waals surface area contributed by atoms with Gasteiger partial charge < -0.3 is 4.57 Å². The number of nitrogens with zero attached hydrogens (tertiary/aromatic N) is 2. The van der Waals surface area contributed by atoms with Crippen LogP contribution in [-0.2, 0) is 13.6 Å². The van der Waals surface area contributed by atoms with Gasteiger partial charge in [0.25, 0.3) is 0 Å². The van der Waals surface area contributed by atoms with Crippen LogP contribution in [0.1, 0.15) is 17.0 Å². The van der Waals surface area contributed by atoms with Gasteiger partial charge in [-0.05, 0) is 37.1 Å². The van der Waals surface area contributed by atoms with E-state index in [1.54, 1.807) is 0 Å². The van der Waals surface area contributed by atoms with Gasteiger partial charge in [-0.25, -0.2) is 4.98 Å². The third kappa shape index (κ3) is 1.62. The van der Waals surface area contributed by atoms with Gasteiger partial charge in [0.2, 0.25) is 0 Å². The first-order valence-corrected chi connectivity index (χ1v) is 4.99. The monoisotopic (exact) mass is 204 g/mol. The molecule has 0 saturated carbocycles. The number of fused-ring (bicyclic) bond motifs is 1. The highest BCUT2D eigenvalue weighted by atomic mass is 15.2. The molecule has 1 aromatic heterocycles. The molecule has 2 rings (SSSR count). The van der Waals surface area contributed by atoms with Gasteiger partial charge in [0.15, 0.2) is 0 Å². The molecule has 3 N–H and O–H groups in total. The Bertz CT molecular complexity index is 499. The van der Waals surface area contributed by atoms with E-state index in [0.717, 1.165) is 16.9 Å². The number of hydrogen-bond donors (Lipinski definition) is 2. The zero-order valence-electron chi connectivity index (χ0n) is 9.33. The third-order valence-corrected chi connectivity index (χ3v) is 2.85. The summed E-state index contributed by atoms with van der Waals surface area (Å²) in [6, 6.07) is 4.28. The molecule has 2 aromatic rings. The highest BCUT2D eigenvalue weighted by molar-refractivity contribution is 5.78. The molecule has 1 heterocycles. The first-order chi connectivity index (χ1) is 7.13. The molecule has 0 aliphatic rings. The Morgan fingerprint density at radius 1 is 1.33 bits per heavy atom. The summed E-state index contributed by atoms with van der Waals surface area (Å²) in [6.45, 7) is 4.80. The van der Waals surface area contributed by atoms with E-state index >= 15 is 0 Å². The lowest BCUT2D eigenvalue weighted by Gasteiger charge is -2.02. The van der Waals surface area contributed by atoms with E-state index in [0.29, 0.717) is 6.54 Å². The second-order valence-electron chi connectivity index (χ2n) is 3.89. The van der Waals surface area contributed by atoms with E-state index in [1.807, 2.05) is 7.05 Å². The van der Waals surface area contributed by atoms with Crippen molar-refractivity contribution in [2.75, 3.05) is 0 Å². The molecule has 0 amide bonds. The third-order valence-electron chi connectivity index (χ3n) is 2.85. The Hall–Kier alpha value is -1.39. The second-order valence-corrected chi connectivity index (χ2v) is 3.89. The maximum atomic E-state index is 5.31. The van der Waals surface area contributed by atoms with E-state index in [2.05, 4.69) is 41.0 Å². The Balaban J connectivity index is 2.66. The Morgan fingerprint density at radius 2 is 2.00 bits per heavy atom. The standard InChI is InChI=1S/C11H16N4/c1-7-4-9-10(5-8(7)2)15(3)11(14-9)6-13-12/h4-5,13H,6,12H2,1-3H3. The topological polar surface area (TPSA) is 55.9 Å². The smallest absolute Gasteiger partial charge is 0.125 e. The molecule has 1 aromatic carbocycles. The molecule has 15 heavy (non-hydrogen) atoms. The quantitative estimate of drug-likeness (QED) is 0.570. The molecule has 0 aliphatic carbocycles. The van der Waals surface area contributed by atoms with E-state index in [4.69, 9.17) is 5.84 Å². The van der Waals surface area contributed by atoms with E-state index in [-0.39, 0.29) is 0 Å². The lowest BCUT2D eigenvalue weighted by Crippen LogP contribution is -2.22. The van der Waals surface area contributed by atoms with Gasteiger partial charge in [-0.15, -0.1) is 0 Å². The minimum Gasteiger partial charge on any atom is -0.330 e. The van der Waals surface area contributed by atoms with Gasteiger partial charge in [0.05, 0.1) is 17.6 Å². The molecule has 80 valence electrons. The number of aryl methyl sites for hydroxylation is 3. The van der Waals surface area contributed by atoms with E-state index in [9.17, 15) is 0 Å². The number of hydrogen-bond acceptors (Lipinski definition) is 3. The van der Waals surface area contributed by atoms with Crippen LogP contribution in [0.5, 0.6) is 0 Å². The Labute approximate surface area is 89.1 Å². The van der Waals surface area contributed by atoms with Crippen molar-refractivity contribution in [3.05, 3.63) is 29.1 Å². The molecule has 0 unspecified atom stereocenters. The predicted molar refractivity (Wildman–Crippen MR) is 61.2 cm³/mol. The van der Waals surface area contributed by atoms with Gasteiger partial charge >= 0.3 is 0 Å². The zero-order valence-corrected chi connectivity index (χ0v) is 9.33. The molecule has 0 saturated heterocycles. The number of imidazole rings is 1. The van der Waals surface area contributed by atoms with Crippen molar-refractivity contribution in [2.45, 2.75) is 20.4 Å². The average molecular weight is 204 g/mol. The van der Waals surface area contributed by atoms with Crippen molar-refractivity contribution in [1.82, 2.24) is 15.0 Å². The van der Waals surface area contributed by atoms with Crippen LogP contribution in [0.15, 0.2) is 12.1 Å². The molecular formula is C11H16N4. The summed E-state index contributed by atoms with van der Waals surface area (Å²) in [4.78, 5) is 4.52. The van der Waals surface area contributed by atoms with Gasteiger partial charge in [0, 0.05) is 7.05 Å². The van der Waals surface area contributed by atoms with Gasteiger partial charge in [-0.3, -0.25) is 11.3 Å². The van der Waals surface area contributed by atoms with Crippen LogP contribution >= 0.6 is 0 Å². The molecule has 4 nitrogen and oxygen atoms in total. The van der Waals surface area contributed by atoms with Crippen molar-refractivity contribution in [1.29, 1.82) is 0 Å². The molecule has 0 fully saturated rings. The van der Waals surface area contributed by atoms with Gasteiger partial charge in [-0.2, -0.15) is 0 Å². The minimum atomic E-state index is 0.587. The van der Waals surface area contributed by atoms with Crippen molar-refractivity contribution < 1.29 is 0 Å². The van der Waals surface area contributed by atoms with Crippen LogP contribution in [0, 0.1) is 13.8 Å². The van der Waals surface area contributed by atoms with Crippen LogP contribution in [0.4, 0.5) is 0 Å². The summed E-state index contributed by atoms with van der Waals surface area (Å²) in [5, 5.41) is 0. The molecule has 0 radical (unpaired) electrons. The largest absolute Gasteiger partial charge is 0.330 e. The summed E-state index contributed by atoms with van der Waals surface area (Å²) < 4.78 is 2.07. The maximum Gasteiger partial charge on any atom is 0.125 e. The lowest BCUT2D eigenvalue weighted by molar-refractivity contribution is 0.674. The SMILES string of the molecule is Cc1cc2nc(CNN)n(C)c2cc1C. The summed E-state index contributed by atoms with van der Waals surface area (Å²) in [5.41, 5.74) is 7.38. The fourth-order valence-corrected chi connectivity index (χ4v) is 1.75. The Morgan fingerprint density at radius 3 is 2.67 bits per heavy atom. The van der Waals surface area contributed by atoms with Crippen LogP contribution < -0.4 is 11.3 Å². The average Bonchev–Trinajstić information content (AvgIpc) is 2.47. The van der Waals surface area contributed by atoms with Gasteiger partial charge in [-0.1, -0.05) is 0 Å².